The average Bonchev–Trinajstić information content (AvgIpc) is 2.31. The maximum atomic E-state index is 11.6. The van der Waals surface area contributed by atoms with E-state index in [1.54, 1.807) is 0 Å². The van der Waals surface area contributed by atoms with Crippen molar-refractivity contribution >= 4 is 17.7 Å². The Kier molecular flexibility index (Phi) is 2.63. The van der Waals surface area contributed by atoms with Gasteiger partial charge in [0.15, 0.2) is 5.69 Å². The van der Waals surface area contributed by atoms with Gasteiger partial charge in [0, 0.05) is 0 Å². The average molecular weight is 217 g/mol. The largest absolute Gasteiger partial charge is 0.382 e. The van der Waals surface area contributed by atoms with Gasteiger partial charge in [-0.1, -0.05) is 0 Å². The maximum Gasteiger partial charge on any atom is 0.278 e. The monoisotopic (exact) mass is 217 g/mol. The molecule has 80 valence electrons. The van der Waals surface area contributed by atoms with E-state index in [1.165, 1.54) is 24.5 Å². The number of nitrogens with zero attached hydrogens (tertiary/aromatic N) is 5. The number of nitrogens with one attached hydrogen (secondary N) is 1. The van der Waals surface area contributed by atoms with Crippen LogP contribution in [0.4, 0.5) is 11.8 Å². The van der Waals surface area contributed by atoms with Crippen LogP contribution < -0.4 is 11.1 Å². The van der Waals surface area contributed by atoms with Gasteiger partial charge in [-0.3, -0.25) is 10.1 Å². The predicted molar refractivity (Wildman–Crippen MR) is 54.2 cm³/mol. The third kappa shape index (κ3) is 2.23. The van der Waals surface area contributed by atoms with Crippen LogP contribution in [0.25, 0.3) is 0 Å². The molecule has 0 saturated carbocycles. The van der Waals surface area contributed by atoms with Crippen molar-refractivity contribution < 1.29 is 4.79 Å². The molecule has 0 aliphatic rings. The summed E-state index contributed by atoms with van der Waals surface area (Å²) in [5, 5.41) is 16.7. The van der Waals surface area contributed by atoms with Crippen molar-refractivity contribution in [3.63, 3.8) is 0 Å². The Morgan fingerprint density at radius 1 is 1.19 bits per heavy atom. The number of anilines is 2. The predicted octanol–water partition coefficient (Wildman–Crippen LogP) is -0.504. The summed E-state index contributed by atoms with van der Waals surface area (Å²) < 4.78 is 0. The molecule has 0 bridgehead atoms. The molecule has 0 radical (unpaired) electrons. The Balaban J connectivity index is 2.12. The van der Waals surface area contributed by atoms with E-state index in [-0.39, 0.29) is 17.5 Å². The number of hydrogen-bond acceptors (Lipinski definition) is 7. The SMILES string of the molecule is Nc1ccc(C(=O)Nc2nccnn2)nn1. The lowest BCUT2D eigenvalue weighted by Gasteiger charge is -2.00. The molecule has 2 aromatic rings. The van der Waals surface area contributed by atoms with Gasteiger partial charge in [0.05, 0.1) is 12.4 Å². The van der Waals surface area contributed by atoms with Crippen LogP contribution in [0.3, 0.4) is 0 Å². The van der Waals surface area contributed by atoms with Crippen LogP contribution in [-0.4, -0.2) is 31.3 Å². The van der Waals surface area contributed by atoms with Gasteiger partial charge in [0.1, 0.15) is 5.82 Å². The summed E-state index contributed by atoms with van der Waals surface area (Å²) >= 11 is 0. The van der Waals surface area contributed by atoms with Gasteiger partial charge < -0.3 is 5.73 Å². The molecule has 0 spiro atoms. The summed E-state index contributed by atoms with van der Waals surface area (Å²) in [4.78, 5) is 15.3. The third-order valence-corrected chi connectivity index (χ3v) is 1.63. The molecule has 0 aromatic carbocycles. The van der Waals surface area contributed by atoms with E-state index in [4.69, 9.17) is 5.73 Å². The van der Waals surface area contributed by atoms with Crippen molar-refractivity contribution in [3.8, 4) is 0 Å². The molecule has 0 aliphatic heterocycles. The van der Waals surface area contributed by atoms with E-state index < -0.39 is 5.91 Å². The van der Waals surface area contributed by atoms with Crippen LogP contribution in [0.15, 0.2) is 24.5 Å². The molecule has 0 aliphatic carbocycles. The molecular weight excluding hydrogens is 210 g/mol. The van der Waals surface area contributed by atoms with Crippen molar-refractivity contribution in [2.45, 2.75) is 0 Å². The van der Waals surface area contributed by atoms with Crippen LogP contribution in [0.1, 0.15) is 10.5 Å². The first-order chi connectivity index (χ1) is 7.75. The maximum absolute atomic E-state index is 11.6. The Morgan fingerprint density at radius 3 is 2.69 bits per heavy atom. The van der Waals surface area contributed by atoms with Gasteiger partial charge in [0.2, 0.25) is 5.95 Å². The fraction of sp³-hybridized carbons (Fsp3) is 0. The number of carbonyl (C=O) groups is 1. The summed E-state index contributed by atoms with van der Waals surface area (Å²) in [7, 11) is 0. The number of amides is 1. The highest BCUT2D eigenvalue weighted by Crippen LogP contribution is 2.00. The standard InChI is InChI=1S/C8H7N7O/c9-6-2-1-5(13-14-6)7(16)12-8-10-3-4-11-15-8/h1-4H,(H2,9,14)(H,10,12,15,16). The minimum atomic E-state index is -0.472. The molecule has 0 fully saturated rings. The number of rotatable bonds is 2. The quantitative estimate of drug-likeness (QED) is 0.695. The number of aromatic nitrogens is 5. The van der Waals surface area contributed by atoms with Crippen molar-refractivity contribution in [2.24, 2.45) is 0 Å². The fourth-order valence-electron chi connectivity index (χ4n) is 0.934. The second-order valence-corrected chi connectivity index (χ2v) is 2.76. The van der Waals surface area contributed by atoms with E-state index in [1.807, 2.05) is 0 Å². The highest BCUT2D eigenvalue weighted by atomic mass is 16.2. The molecule has 16 heavy (non-hydrogen) atoms. The second-order valence-electron chi connectivity index (χ2n) is 2.76. The molecule has 3 N–H and O–H groups in total. The van der Waals surface area contributed by atoms with Gasteiger partial charge >= 0.3 is 0 Å². The van der Waals surface area contributed by atoms with Gasteiger partial charge in [-0.15, -0.1) is 15.3 Å². The minimum absolute atomic E-state index is 0.103. The van der Waals surface area contributed by atoms with Gasteiger partial charge in [-0.25, -0.2) is 4.98 Å². The van der Waals surface area contributed by atoms with E-state index in [0.29, 0.717) is 0 Å². The van der Waals surface area contributed by atoms with E-state index in [9.17, 15) is 4.79 Å². The van der Waals surface area contributed by atoms with E-state index in [0.717, 1.165) is 0 Å². The molecule has 1 amide bonds. The summed E-state index contributed by atoms with van der Waals surface area (Å²) in [6, 6.07) is 2.93. The molecular formula is C8H7N7O. The lowest BCUT2D eigenvalue weighted by Crippen LogP contribution is -2.16. The molecule has 0 unspecified atom stereocenters. The zero-order valence-corrected chi connectivity index (χ0v) is 8.03. The molecule has 2 aromatic heterocycles. The van der Waals surface area contributed by atoms with Gasteiger partial charge in [0.25, 0.3) is 5.91 Å². The first kappa shape index (κ1) is 9.90. The summed E-state index contributed by atoms with van der Waals surface area (Å²) in [6.45, 7) is 0. The molecule has 2 rings (SSSR count). The van der Waals surface area contributed by atoms with Crippen LogP contribution in [0, 0.1) is 0 Å². The topological polar surface area (TPSA) is 120 Å². The zero-order valence-electron chi connectivity index (χ0n) is 8.03. The normalized spacial score (nSPS) is 9.75. The molecule has 8 heteroatoms. The first-order valence-corrected chi connectivity index (χ1v) is 4.30. The number of nitrogens with two attached hydrogens (primary N) is 1. The summed E-state index contributed by atoms with van der Waals surface area (Å²) in [6.07, 6.45) is 2.82. The molecule has 2 heterocycles. The Labute approximate surface area is 89.9 Å². The second kappa shape index (κ2) is 4.26. The zero-order chi connectivity index (χ0) is 11.4. The van der Waals surface area contributed by atoms with Crippen molar-refractivity contribution in [3.05, 3.63) is 30.2 Å². The summed E-state index contributed by atoms with van der Waals surface area (Å²) in [5.74, 6) is -0.124. The van der Waals surface area contributed by atoms with Crippen molar-refractivity contribution in [2.75, 3.05) is 11.1 Å². The third-order valence-electron chi connectivity index (χ3n) is 1.63. The van der Waals surface area contributed by atoms with Crippen LogP contribution in [-0.2, 0) is 0 Å². The summed E-state index contributed by atoms with van der Waals surface area (Å²) in [5.41, 5.74) is 5.47. The highest BCUT2D eigenvalue weighted by Gasteiger charge is 2.09. The van der Waals surface area contributed by atoms with Crippen molar-refractivity contribution in [1.29, 1.82) is 0 Å². The molecule has 8 nitrogen and oxygen atoms in total. The number of carbonyl (C=O) groups excluding carboxylic acids is 1. The number of hydrogen-bond donors (Lipinski definition) is 2. The van der Waals surface area contributed by atoms with Crippen LogP contribution >= 0.6 is 0 Å². The fourth-order valence-corrected chi connectivity index (χ4v) is 0.934. The lowest BCUT2D eigenvalue weighted by molar-refractivity contribution is 0.102. The van der Waals surface area contributed by atoms with Crippen LogP contribution in [0.5, 0.6) is 0 Å². The molecule has 0 atom stereocenters. The van der Waals surface area contributed by atoms with E-state index >= 15 is 0 Å². The van der Waals surface area contributed by atoms with Gasteiger partial charge in [-0.05, 0) is 12.1 Å². The Morgan fingerprint density at radius 2 is 2.06 bits per heavy atom. The van der Waals surface area contributed by atoms with Crippen molar-refractivity contribution in [1.82, 2.24) is 25.4 Å². The Bertz CT molecular complexity index is 483. The van der Waals surface area contributed by atoms with Crippen LogP contribution in [0.2, 0.25) is 0 Å². The number of nitrogen functional groups attached to an aromatic ring is 1. The lowest BCUT2D eigenvalue weighted by atomic mass is 10.3. The van der Waals surface area contributed by atoms with Gasteiger partial charge in [-0.2, -0.15) is 5.10 Å². The molecule has 0 saturated heterocycles. The first-order valence-electron chi connectivity index (χ1n) is 4.30. The van der Waals surface area contributed by atoms with E-state index in [2.05, 4.69) is 30.7 Å². The highest BCUT2D eigenvalue weighted by molar-refractivity contribution is 6.01. The minimum Gasteiger partial charge on any atom is -0.382 e. The Hall–Kier alpha value is -2.64. The smallest absolute Gasteiger partial charge is 0.278 e.